The molecule has 1 heterocycles. The van der Waals surface area contributed by atoms with Gasteiger partial charge in [0.2, 0.25) is 0 Å². The number of aliphatic hydroxyl groups is 1. The molecule has 0 aliphatic carbocycles. The molecule has 1 N–H and O–H groups in total. The zero-order valence-corrected chi connectivity index (χ0v) is 12.7. The van der Waals surface area contributed by atoms with Crippen LogP contribution in [0.4, 0.5) is 0 Å². The van der Waals surface area contributed by atoms with Crippen molar-refractivity contribution in [3.8, 4) is 0 Å². The lowest BCUT2D eigenvalue weighted by Crippen LogP contribution is -2.16. The molecule has 0 bridgehead atoms. The summed E-state index contributed by atoms with van der Waals surface area (Å²) in [5.74, 6) is 0.907. The Hall–Kier alpha value is -0.410. The van der Waals surface area contributed by atoms with Gasteiger partial charge in [0.05, 0.1) is 21.2 Å². The van der Waals surface area contributed by atoms with E-state index in [2.05, 4.69) is 27.7 Å². The van der Waals surface area contributed by atoms with Gasteiger partial charge in [0, 0.05) is 5.92 Å². The van der Waals surface area contributed by atoms with Crippen LogP contribution in [-0.4, -0.2) is 10.1 Å². The highest BCUT2D eigenvalue weighted by Gasteiger charge is 2.27. The van der Waals surface area contributed by atoms with Gasteiger partial charge in [0.15, 0.2) is 0 Å². The smallest absolute Gasteiger partial charge is 0.0963 e. The molecule has 0 unspecified atom stereocenters. The third-order valence-electron chi connectivity index (χ3n) is 3.11. The Balaban J connectivity index is 3.21. The number of aromatic nitrogens is 1. The molecule has 0 aliphatic heterocycles. The fraction of sp³-hybridized carbons (Fsp3) is 0.786. The fourth-order valence-corrected chi connectivity index (χ4v) is 3.48. The van der Waals surface area contributed by atoms with E-state index in [4.69, 9.17) is 4.98 Å². The molecule has 1 aromatic heterocycles. The van der Waals surface area contributed by atoms with Crippen molar-refractivity contribution in [3.63, 3.8) is 0 Å². The zero-order valence-electron chi connectivity index (χ0n) is 11.9. The number of nitrogens with zero attached hydrogens (tertiary/aromatic N) is 1. The van der Waals surface area contributed by atoms with Crippen molar-refractivity contribution in [1.29, 1.82) is 0 Å². The third-order valence-corrected chi connectivity index (χ3v) is 4.65. The number of hydrogen-bond donors (Lipinski definition) is 1. The summed E-state index contributed by atoms with van der Waals surface area (Å²) in [5.41, 5.74) is 0.297. The highest BCUT2D eigenvalue weighted by molar-refractivity contribution is 7.12. The van der Waals surface area contributed by atoms with E-state index in [1.807, 2.05) is 13.8 Å². The normalized spacial score (nSPS) is 12.8. The molecule has 0 radical (unpaired) electrons. The van der Waals surface area contributed by atoms with Crippen LogP contribution < -0.4 is 0 Å². The van der Waals surface area contributed by atoms with Crippen LogP contribution in [0.3, 0.4) is 0 Å². The van der Waals surface area contributed by atoms with Gasteiger partial charge in [0.25, 0.3) is 0 Å². The summed E-state index contributed by atoms with van der Waals surface area (Å²) in [6.07, 6.45) is 2.24. The molecule has 17 heavy (non-hydrogen) atoms. The van der Waals surface area contributed by atoms with E-state index >= 15 is 0 Å². The van der Waals surface area contributed by atoms with Gasteiger partial charge in [-0.1, -0.05) is 27.7 Å². The first-order valence-corrected chi connectivity index (χ1v) is 7.36. The molecule has 1 rings (SSSR count). The molecule has 0 aliphatic rings. The average Bonchev–Trinajstić information content (AvgIpc) is 2.64. The Labute approximate surface area is 109 Å². The van der Waals surface area contributed by atoms with Gasteiger partial charge in [-0.15, -0.1) is 11.3 Å². The Bertz CT molecular complexity index is 359. The molecule has 98 valence electrons. The van der Waals surface area contributed by atoms with Crippen molar-refractivity contribution in [1.82, 2.24) is 4.98 Å². The highest BCUT2D eigenvalue weighted by Crippen LogP contribution is 2.37. The van der Waals surface area contributed by atoms with Crippen molar-refractivity contribution < 1.29 is 5.11 Å². The third kappa shape index (κ3) is 3.29. The van der Waals surface area contributed by atoms with Gasteiger partial charge in [-0.3, -0.25) is 0 Å². The Morgan fingerprint density at radius 1 is 1.24 bits per heavy atom. The van der Waals surface area contributed by atoms with E-state index in [0.717, 1.165) is 23.4 Å². The maximum atomic E-state index is 10.2. The zero-order chi connectivity index (χ0) is 13.2. The fourth-order valence-electron chi connectivity index (χ4n) is 1.99. The van der Waals surface area contributed by atoms with E-state index in [-0.39, 0.29) is 0 Å². The van der Waals surface area contributed by atoms with Gasteiger partial charge >= 0.3 is 0 Å². The first-order chi connectivity index (χ1) is 7.81. The van der Waals surface area contributed by atoms with Gasteiger partial charge in [-0.25, -0.2) is 4.98 Å². The lowest BCUT2D eigenvalue weighted by Gasteiger charge is -2.17. The van der Waals surface area contributed by atoms with Crippen molar-refractivity contribution in [3.05, 3.63) is 15.6 Å². The van der Waals surface area contributed by atoms with Crippen molar-refractivity contribution >= 4 is 11.3 Å². The number of thiazole rings is 1. The van der Waals surface area contributed by atoms with Crippen LogP contribution in [0.2, 0.25) is 0 Å². The molecule has 0 aromatic carbocycles. The van der Waals surface area contributed by atoms with Gasteiger partial charge < -0.3 is 5.11 Å². The predicted molar refractivity (Wildman–Crippen MR) is 74.8 cm³/mol. The topological polar surface area (TPSA) is 33.1 Å². The Morgan fingerprint density at radius 2 is 1.76 bits per heavy atom. The first kappa shape index (κ1) is 14.7. The van der Waals surface area contributed by atoms with E-state index in [9.17, 15) is 5.11 Å². The lowest BCUT2D eigenvalue weighted by molar-refractivity contribution is 0.0811. The lowest BCUT2D eigenvalue weighted by atomic mass is 10.00. The first-order valence-electron chi connectivity index (χ1n) is 6.54. The summed E-state index contributed by atoms with van der Waals surface area (Å²) < 4.78 is 0. The second kappa shape index (κ2) is 5.49. The quantitative estimate of drug-likeness (QED) is 0.846. The minimum atomic E-state index is -0.776. The Morgan fingerprint density at radius 3 is 2.06 bits per heavy atom. The molecule has 0 atom stereocenters. The van der Waals surface area contributed by atoms with Gasteiger partial charge in [0.1, 0.15) is 0 Å². The van der Waals surface area contributed by atoms with E-state index in [1.165, 1.54) is 5.01 Å². The van der Waals surface area contributed by atoms with E-state index in [1.54, 1.807) is 11.3 Å². The van der Waals surface area contributed by atoms with Crippen molar-refractivity contribution in [2.75, 3.05) is 0 Å². The maximum absolute atomic E-state index is 10.2. The van der Waals surface area contributed by atoms with Crippen LogP contribution in [0.25, 0.3) is 0 Å². The molecule has 0 spiro atoms. The van der Waals surface area contributed by atoms with Gasteiger partial charge in [-0.05, 0) is 32.6 Å². The van der Waals surface area contributed by atoms with Crippen LogP contribution in [0, 0.1) is 0 Å². The molecule has 3 heteroatoms. The molecular weight excluding hydrogens is 230 g/mol. The SMILES string of the molecule is CCC(CC)c1nc(C(C)C)c(C(C)(C)O)s1. The molecule has 0 fully saturated rings. The maximum Gasteiger partial charge on any atom is 0.0963 e. The molecule has 2 nitrogen and oxygen atoms in total. The molecule has 0 saturated carbocycles. The minimum absolute atomic E-state index is 0.371. The molecule has 1 aromatic rings. The monoisotopic (exact) mass is 255 g/mol. The minimum Gasteiger partial charge on any atom is -0.385 e. The summed E-state index contributed by atoms with van der Waals surface area (Å²) >= 11 is 1.69. The summed E-state index contributed by atoms with van der Waals surface area (Å²) in [5, 5.41) is 11.4. The van der Waals surface area contributed by atoms with E-state index in [0.29, 0.717) is 11.8 Å². The van der Waals surface area contributed by atoms with Crippen molar-refractivity contribution in [2.24, 2.45) is 0 Å². The van der Waals surface area contributed by atoms with Crippen LogP contribution in [0.15, 0.2) is 0 Å². The van der Waals surface area contributed by atoms with Crippen molar-refractivity contribution in [2.45, 2.75) is 71.8 Å². The summed E-state index contributed by atoms with van der Waals surface area (Å²) in [4.78, 5) is 5.81. The van der Waals surface area contributed by atoms with Crippen LogP contribution in [0.1, 0.15) is 81.8 Å². The van der Waals surface area contributed by atoms with Crippen LogP contribution in [0.5, 0.6) is 0 Å². The molecule has 0 saturated heterocycles. The van der Waals surface area contributed by atoms with Crippen LogP contribution >= 0.6 is 11.3 Å². The largest absolute Gasteiger partial charge is 0.385 e. The second-order valence-corrected chi connectivity index (χ2v) is 6.52. The van der Waals surface area contributed by atoms with E-state index < -0.39 is 5.60 Å². The summed E-state index contributed by atoms with van der Waals surface area (Å²) in [7, 11) is 0. The second-order valence-electron chi connectivity index (χ2n) is 5.49. The molecular formula is C14H25NOS. The predicted octanol–water partition coefficient (Wildman–Crippen LogP) is 4.40. The van der Waals surface area contributed by atoms with Gasteiger partial charge in [-0.2, -0.15) is 0 Å². The standard InChI is InChI=1S/C14H25NOS/c1-7-10(8-2)13-15-11(9(3)4)12(17-13)14(5,6)16/h9-10,16H,7-8H2,1-6H3. The Kier molecular flexibility index (Phi) is 4.73. The number of rotatable bonds is 5. The highest BCUT2D eigenvalue weighted by atomic mass is 32.1. The average molecular weight is 255 g/mol. The summed E-state index contributed by atoms with van der Waals surface area (Å²) in [6, 6.07) is 0. The number of hydrogen-bond acceptors (Lipinski definition) is 3. The summed E-state index contributed by atoms with van der Waals surface area (Å²) in [6.45, 7) is 12.4. The molecule has 0 amide bonds. The van der Waals surface area contributed by atoms with Crippen LogP contribution in [-0.2, 0) is 5.60 Å².